The number of carbonyl (C=O) groups is 1. The Morgan fingerprint density at radius 3 is 2.79 bits per heavy atom. The fraction of sp³-hybridized carbons (Fsp3) is 0.438. The quantitative estimate of drug-likeness (QED) is 0.525. The topological polar surface area (TPSA) is 37.3 Å². The van der Waals surface area contributed by atoms with Crippen molar-refractivity contribution in [2.24, 2.45) is 5.92 Å². The van der Waals surface area contributed by atoms with E-state index in [1.165, 1.54) is 0 Å². The van der Waals surface area contributed by atoms with E-state index in [9.17, 15) is 9.90 Å². The molecular formula is C16H21ClO2. The number of halogens is 1. The van der Waals surface area contributed by atoms with Crippen molar-refractivity contribution in [2.75, 3.05) is 0 Å². The second-order valence-corrected chi connectivity index (χ2v) is 5.23. The Labute approximate surface area is 120 Å². The van der Waals surface area contributed by atoms with Gasteiger partial charge < -0.3 is 5.11 Å². The molecule has 0 aliphatic rings. The van der Waals surface area contributed by atoms with Crippen LogP contribution in [0.3, 0.4) is 0 Å². The van der Waals surface area contributed by atoms with Crippen LogP contribution in [0.2, 0.25) is 5.02 Å². The fourth-order valence-corrected chi connectivity index (χ4v) is 2.33. The monoisotopic (exact) mass is 280 g/mol. The summed E-state index contributed by atoms with van der Waals surface area (Å²) in [7, 11) is 0. The minimum absolute atomic E-state index is 0.317. The van der Waals surface area contributed by atoms with Crippen LogP contribution in [0.4, 0.5) is 0 Å². The molecule has 0 saturated carbocycles. The first kappa shape index (κ1) is 15.8. The van der Waals surface area contributed by atoms with E-state index >= 15 is 0 Å². The normalized spacial score (nSPS) is 12.1. The number of carboxylic acid groups (broad SMARTS) is 1. The molecular weight excluding hydrogens is 260 g/mol. The maximum atomic E-state index is 11.3. The number of benzene rings is 1. The van der Waals surface area contributed by atoms with Gasteiger partial charge in [-0.05, 0) is 43.4 Å². The molecule has 0 radical (unpaired) electrons. The molecule has 1 N–H and O–H groups in total. The molecule has 104 valence electrons. The zero-order valence-corrected chi connectivity index (χ0v) is 11.9. The highest BCUT2D eigenvalue weighted by Gasteiger charge is 2.17. The number of hydrogen-bond acceptors (Lipinski definition) is 1. The van der Waals surface area contributed by atoms with Gasteiger partial charge in [0.15, 0.2) is 0 Å². The van der Waals surface area contributed by atoms with Gasteiger partial charge in [0.05, 0.1) is 5.92 Å². The Morgan fingerprint density at radius 1 is 1.37 bits per heavy atom. The lowest BCUT2D eigenvalue weighted by Crippen LogP contribution is -2.16. The third kappa shape index (κ3) is 6.44. The Hall–Kier alpha value is -1.28. The van der Waals surface area contributed by atoms with Gasteiger partial charge in [0.25, 0.3) is 0 Å². The van der Waals surface area contributed by atoms with E-state index in [0.717, 1.165) is 37.7 Å². The average molecular weight is 281 g/mol. The second kappa shape index (κ2) is 8.76. The summed E-state index contributed by atoms with van der Waals surface area (Å²) in [5.41, 5.74) is 0.992. The number of hydrogen-bond donors (Lipinski definition) is 1. The largest absolute Gasteiger partial charge is 0.481 e. The Balaban J connectivity index is 2.44. The van der Waals surface area contributed by atoms with Crippen LogP contribution in [0.15, 0.2) is 36.9 Å². The number of unbranched alkanes of at least 4 members (excludes halogenated alkanes) is 3. The van der Waals surface area contributed by atoms with E-state index in [0.29, 0.717) is 11.4 Å². The highest BCUT2D eigenvalue weighted by atomic mass is 35.5. The van der Waals surface area contributed by atoms with Crippen LogP contribution in [-0.2, 0) is 11.2 Å². The molecule has 1 atom stereocenters. The van der Waals surface area contributed by atoms with E-state index in [1.54, 1.807) is 6.07 Å². The zero-order valence-electron chi connectivity index (χ0n) is 11.1. The summed E-state index contributed by atoms with van der Waals surface area (Å²) < 4.78 is 0. The maximum Gasteiger partial charge on any atom is 0.306 e. The standard InChI is InChI=1S/C16H21ClO2/c1-2-3-4-5-6-9-14(16(18)19)11-13-8-7-10-15(17)12-13/h2,7-8,10,12,14H,1,3-6,9,11H2,(H,18,19). The molecule has 0 fully saturated rings. The molecule has 0 heterocycles. The van der Waals surface area contributed by atoms with Crippen molar-refractivity contribution in [1.82, 2.24) is 0 Å². The second-order valence-electron chi connectivity index (χ2n) is 4.80. The molecule has 0 bridgehead atoms. The van der Waals surface area contributed by atoms with Gasteiger partial charge >= 0.3 is 5.97 Å². The molecule has 19 heavy (non-hydrogen) atoms. The van der Waals surface area contributed by atoms with Gasteiger partial charge in [-0.25, -0.2) is 0 Å². The summed E-state index contributed by atoms with van der Waals surface area (Å²) >= 11 is 5.91. The van der Waals surface area contributed by atoms with Gasteiger partial charge in [-0.3, -0.25) is 4.79 Å². The van der Waals surface area contributed by atoms with Crippen molar-refractivity contribution in [1.29, 1.82) is 0 Å². The van der Waals surface area contributed by atoms with E-state index in [2.05, 4.69) is 6.58 Å². The predicted molar refractivity (Wildman–Crippen MR) is 79.6 cm³/mol. The van der Waals surface area contributed by atoms with Gasteiger partial charge in [-0.2, -0.15) is 0 Å². The zero-order chi connectivity index (χ0) is 14.1. The highest BCUT2D eigenvalue weighted by molar-refractivity contribution is 6.30. The van der Waals surface area contributed by atoms with Crippen LogP contribution in [-0.4, -0.2) is 11.1 Å². The molecule has 1 unspecified atom stereocenters. The minimum atomic E-state index is -0.719. The average Bonchev–Trinajstić information content (AvgIpc) is 2.37. The third-order valence-corrected chi connectivity index (χ3v) is 3.42. The molecule has 0 spiro atoms. The summed E-state index contributed by atoms with van der Waals surface area (Å²) in [6.45, 7) is 3.68. The molecule has 1 aromatic rings. The van der Waals surface area contributed by atoms with E-state index in [1.807, 2.05) is 24.3 Å². The Kier molecular flexibility index (Phi) is 7.27. The van der Waals surface area contributed by atoms with Crippen LogP contribution in [0, 0.1) is 5.92 Å². The van der Waals surface area contributed by atoms with Crippen molar-refractivity contribution in [2.45, 2.75) is 38.5 Å². The van der Waals surface area contributed by atoms with Crippen LogP contribution in [0.1, 0.15) is 37.7 Å². The summed E-state index contributed by atoms with van der Waals surface area (Å²) in [5, 5.41) is 9.92. The van der Waals surface area contributed by atoms with Crippen molar-refractivity contribution >= 4 is 17.6 Å². The molecule has 2 nitrogen and oxygen atoms in total. The summed E-state index contributed by atoms with van der Waals surface area (Å²) in [4.78, 5) is 11.3. The lowest BCUT2D eigenvalue weighted by Gasteiger charge is -2.12. The first-order chi connectivity index (χ1) is 9.13. The molecule has 0 aliphatic carbocycles. The fourth-order valence-electron chi connectivity index (χ4n) is 2.12. The van der Waals surface area contributed by atoms with E-state index < -0.39 is 5.97 Å². The van der Waals surface area contributed by atoms with Crippen LogP contribution in [0.25, 0.3) is 0 Å². The van der Waals surface area contributed by atoms with Crippen LogP contribution < -0.4 is 0 Å². The molecule has 3 heteroatoms. The molecule has 0 aliphatic heterocycles. The summed E-state index contributed by atoms with van der Waals surface area (Å²) in [6, 6.07) is 7.44. The number of rotatable bonds is 9. The van der Waals surface area contributed by atoms with Gasteiger partial charge in [0.1, 0.15) is 0 Å². The number of aliphatic carboxylic acids is 1. The molecule has 0 amide bonds. The van der Waals surface area contributed by atoms with Crippen molar-refractivity contribution in [3.05, 3.63) is 47.5 Å². The molecule has 0 aromatic heterocycles. The summed E-state index contributed by atoms with van der Waals surface area (Å²) in [6.07, 6.45) is 7.28. The lowest BCUT2D eigenvalue weighted by molar-refractivity contribution is -0.142. The van der Waals surface area contributed by atoms with Crippen molar-refractivity contribution in [3.63, 3.8) is 0 Å². The van der Waals surface area contributed by atoms with E-state index in [-0.39, 0.29) is 5.92 Å². The van der Waals surface area contributed by atoms with Gasteiger partial charge in [-0.1, -0.05) is 42.7 Å². The van der Waals surface area contributed by atoms with Crippen LogP contribution >= 0.6 is 11.6 Å². The Bertz CT molecular complexity index is 415. The van der Waals surface area contributed by atoms with Gasteiger partial charge in [0.2, 0.25) is 0 Å². The number of allylic oxidation sites excluding steroid dienone is 1. The van der Waals surface area contributed by atoms with Gasteiger partial charge in [0, 0.05) is 5.02 Å². The maximum absolute atomic E-state index is 11.3. The van der Waals surface area contributed by atoms with E-state index in [4.69, 9.17) is 11.6 Å². The first-order valence-corrected chi connectivity index (χ1v) is 7.09. The number of carboxylic acids is 1. The first-order valence-electron chi connectivity index (χ1n) is 6.71. The molecule has 1 rings (SSSR count). The SMILES string of the molecule is C=CCCCCCC(Cc1cccc(Cl)c1)C(=O)O. The smallest absolute Gasteiger partial charge is 0.306 e. The molecule has 0 saturated heterocycles. The van der Waals surface area contributed by atoms with Crippen molar-refractivity contribution < 1.29 is 9.90 Å². The Morgan fingerprint density at radius 2 is 2.16 bits per heavy atom. The van der Waals surface area contributed by atoms with Crippen molar-refractivity contribution in [3.8, 4) is 0 Å². The summed E-state index contributed by atoms with van der Waals surface area (Å²) in [5.74, 6) is -1.04. The van der Waals surface area contributed by atoms with Crippen LogP contribution in [0.5, 0.6) is 0 Å². The predicted octanol–water partition coefficient (Wildman–Crippen LogP) is 4.72. The van der Waals surface area contributed by atoms with Gasteiger partial charge in [-0.15, -0.1) is 6.58 Å². The minimum Gasteiger partial charge on any atom is -0.481 e. The highest BCUT2D eigenvalue weighted by Crippen LogP contribution is 2.19. The lowest BCUT2D eigenvalue weighted by atomic mass is 9.93. The third-order valence-electron chi connectivity index (χ3n) is 3.18. The molecule has 1 aromatic carbocycles.